The second-order valence-electron chi connectivity index (χ2n) is 5.39. The molecule has 1 aromatic heterocycles. The van der Waals surface area contributed by atoms with Crippen LogP contribution in [0.3, 0.4) is 0 Å². The van der Waals surface area contributed by atoms with Crippen LogP contribution in [0.15, 0.2) is 52.9 Å². The molecule has 3 rings (SSSR count). The fourth-order valence-corrected chi connectivity index (χ4v) is 2.33. The second-order valence-corrected chi connectivity index (χ2v) is 5.39. The number of nitrogens with zero attached hydrogens (tertiary/aromatic N) is 2. The minimum absolute atomic E-state index is 0.0555. The van der Waals surface area contributed by atoms with E-state index in [9.17, 15) is 4.79 Å². The summed E-state index contributed by atoms with van der Waals surface area (Å²) in [6, 6.07) is 15.0. The molecule has 0 spiro atoms. The fourth-order valence-electron chi connectivity index (χ4n) is 2.33. The normalized spacial score (nSPS) is 10.4. The molecule has 0 unspecified atom stereocenters. The number of methoxy groups -OCH3 is 2. The van der Waals surface area contributed by atoms with Gasteiger partial charge in [-0.2, -0.15) is 0 Å². The number of aromatic nitrogens is 2. The summed E-state index contributed by atoms with van der Waals surface area (Å²) < 4.78 is 21.2. The highest BCUT2D eigenvalue weighted by molar-refractivity contribution is 5.71. The quantitative estimate of drug-likeness (QED) is 0.603. The highest BCUT2D eigenvalue weighted by atomic mass is 16.5. The van der Waals surface area contributed by atoms with Crippen molar-refractivity contribution < 1.29 is 23.4 Å². The first kappa shape index (κ1) is 17.5. The van der Waals surface area contributed by atoms with Crippen LogP contribution < -0.4 is 9.47 Å². The van der Waals surface area contributed by atoms with Crippen molar-refractivity contribution in [2.45, 2.75) is 13.0 Å². The molecule has 0 fully saturated rings. The molecule has 2 aromatic carbocycles. The van der Waals surface area contributed by atoms with Gasteiger partial charge in [0.2, 0.25) is 11.8 Å². The Labute approximate surface area is 150 Å². The van der Waals surface area contributed by atoms with Gasteiger partial charge in [-0.3, -0.25) is 4.79 Å². The van der Waals surface area contributed by atoms with E-state index in [2.05, 4.69) is 14.9 Å². The maximum absolute atomic E-state index is 11.3. The number of ether oxygens (including phenoxy) is 3. The Kier molecular flexibility index (Phi) is 5.48. The van der Waals surface area contributed by atoms with E-state index in [1.807, 2.05) is 48.5 Å². The molecule has 1 heterocycles. The SMILES string of the molecule is COC(=O)Cc1nnc(-c2cccc(COc3ccccc3OC)c2)o1. The summed E-state index contributed by atoms with van der Waals surface area (Å²) in [5.74, 6) is 1.45. The van der Waals surface area contributed by atoms with E-state index in [0.29, 0.717) is 24.0 Å². The van der Waals surface area contributed by atoms with E-state index < -0.39 is 5.97 Å². The van der Waals surface area contributed by atoms with Crippen molar-refractivity contribution in [2.24, 2.45) is 0 Å². The third-order valence-corrected chi connectivity index (χ3v) is 3.63. The van der Waals surface area contributed by atoms with Gasteiger partial charge in [-0.05, 0) is 29.8 Å². The molecule has 0 radical (unpaired) electrons. The van der Waals surface area contributed by atoms with Crippen molar-refractivity contribution in [3.63, 3.8) is 0 Å². The molecule has 134 valence electrons. The highest BCUT2D eigenvalue weighted by Crippen LogP contribution is 2.27. The number of hydrogen-bond acceptors (Lipinski definition) is 7. The molecule has 0 atom stereocenters. The molecule has 7 heteroatoms. The number of para-hydroxylation sites is 2. The van der Waals surface area contributed by atoms with Crippen molar-refractivity contribution in [1.29, 1.82) is 0 Å². The molecule has 0 aliphatic carbocycles. The zero-order chi connectivity index (χ0) is 18.4. The second kappa shape index (κ2) is 8.15. The van der Waals surface area contributed by atoms with Crippen LogP contribution in [0.5, 0.6) is 11.5 Å². The van der Waals surface area contributed by atoms with Crippen LogP contribution in [0.2, 0.25) is 0 Å². The first-order valence-corrected chi connectivity index (χ1v) is 7.94. The molecule has 0 amide bonds. The number of esters is 1. The lowest BCUT2D eigenvalue weighted by atomic mass is 10.1. The van der Waals surface area contributed by atoms with Gasteiger partial charge in [0.15, 0.2) is 11.5 Å². The topological polar surface area (TPSA) is 83.7 Å². The van der Waals surface area contributed by atoms with Gasteiger partial charge in [0, 0.05) is 5.56 Å². The summed E-state index contributed by atoms with van der Waals surface area (Å²) in [6.07, 6.45) is -0.0555. The maximum Gasteiger partial charge on any atom is 0.315 e. The molecule has 7 nitrogen and oxygen atoms in total. The van der Waals surface area contributed by atoms with Gasteiger partial charge in [-0.25, -0.2) is 0 Å². The minimum Gasteiger partial charge on any atom is -0.493 e. The van der Waals surface area contributed by atoms with Gasteiger partial charge in [-0.15, -0.1) is 10.2 Å². The standard InChI is InChI=1S/C19H18N2O5/c1-23-15-8-3-4-9-16(15)25-12-13-6-5-7-14(10-13)19-21-20-17(26-19)11-18(22)24-2/h3-10H,11-12H2,1-2H3. The van der Waals surface area contributed by atoms with E-state index in [0.717, 1.165) is 11.1 Å². The first-order chi connectivity index (χ1) is 12.7. The Balaban J connectivity index is 1.71. The molecule has 0 bridgehead atoms. The lowest BCUT2D eigenvalue weighted by Crippen LogP contribution is -2.04. The average Bonchev–Trinajstić information content (AvgIpc) is 3.15. The first-order valence-electron chi connectivity index (χ1n) is 7.94. The van der Waals surface area contributed by atoms with Gasteiger partial charge in [0.05, 0.1) is 14.2 Å². The van der Waals surface area contributed by atoms with Crippen LogP contribution >= 0.6 is 0 Å². The summed E-state index contributed by atoms with van der Waals surface area (Å²) >= 11 is 0. The molecular formula is C19H18N2O5. The Morgan fingerprint density at radius 1 is 1.04 bits per heavy atom. The predicted molar refractivity (Wildman–Crippen MR) is 92.8 cm³/mol. The van der Waals surface area contributed by atoms with Crippen molar-refractivity contribution in [1.82, 2.24) is 10.2 Å². The maximum atomic E-state index is 11.3. The summed E-state index contributed by atoms with van der Waals surface area (Å²) in [5, 5.41) is 7.84. The number of hydrogen-bond donors (Lipinski definition) is 0. The number of carbonyl (C=O) groups excluding carboxylic acids is 1. The van der Waals surface area contributed by atoms with Crippen molar-refractivity contribution in [2.75, 3.05) is 14.2 Å². The van der Waals surface area contributed by atoms with E-state index in [4.69, 9.17) is 13.9 Å². The molecule has 0 saturated carbocycles. The summed E-state index contributed by atoms with van der Waals surface area (Å²) in [4.78, 5) is 11.3. The zero-order valence-electron chi connectivity index (χ0n) is 14.5. The van der Waals surface area contributed by atoms with Gasteiger partial charge in [0.1, 0.15) is 13.0 Å². The van der Waals surface area contributed by atoms with Crippen molar-refractivity contribution in [3.05, 3.63) is 60.0 Å². The van der Waals surface area contributed by atoms with Gasteiger partial charge >= 0.3 is 5.97 Å². The van der Waals surface area contributed by atoms with E-state index in [-0.39, 0.29) is 12.3 Å². The van der Waals surface area contributed by atoms with E-state index in [1.54, 1.807) is 7.11 Å². The van der Waals surface area contributed by atoms with Gasteiger partial charge in [-0.1, -0.05) is 24.3 Å². The Morgan fingerprint density at radius 3 is 2.62 bits per heavy atom. The minimum atomic E-state index is -0.431. The molecule has 0 N–H and O–H groups in total. The highest BCUT2D eigenvalue weighted by Gasteiger charge is 2.13. The third-order valence-electron chi connectivity index (χ3n) is 3.63. The molecule has 0 aliphatic heterocycles. The zero-order valence-corrected chi connectivity index (χ0v) is 14.5. The number of benzene rings is 2. The van der Waals surface area contributed by atoms with E-state index in [1.165, 1.54) is 7.11 Å². The summed E-state index contributed by atoms with van der Waals surface area (Å²) in [6.45, 7) is 0.359. The predicted octanol–water partition coefficient (Wildman–Crippen LogP) is 3.04. The van der Waals surface area contributed by atoms with Crippen LogP contribution in [-0.2, 0) is 22.6 Å². The smallest absolute Gasteiger partial charge is 0.315 e. The Hall–Kier alpha value is -3.35. The van der Waals surface area contributed by atoms with Crippen LogP contribution in [0, 0.1) is 0 Å². The molecular weight excluding hydrogens is 336 g/mol. The van der Waals surface area contributed by atoms with Gasteiger partial charge < -0.3 is 18.6 Å². The molecule has 0 aliphatic rings. The molecule has 0 saturated heterocycles. The lowest BCUT2D eigenvalue weighted by molar-refractivity contribution is -0.140. The largest absolute Gasteiger partial charge is 0.493 e. The van der Waals surface area contributed by atoms with Crippen LogP contribution in [0.4, 0.5) is 0 Å². The molecule has 3 aromatic rings. The fraction of sp³-hybridized carbons (Fsp3) is 0.211. The van der Waals surface area contributed by atoms with Crippen LogP contribution in [0.1, 0.15) is 11.5 Å². The summed E-state index contributed by atoms with van der Waals surface area (Å²) in [5.41, 5.74) is 1.68. The molecule has 26 heavy (non-hydrogen) atoms. The number of rotatable bonds is 7. The Morgan fingerprint density at radius 2 is 1.85 bits per heavy atom. The van der Waals surface area contributed by atoms with E-state index >= 15 is 0 Å². The lowest BCUT2D eigenvalue weighted by Gasteiger charge is -2.10. The van der Waals surface area contributed by atoms with Crippen LogP contribution in [0.25, 0.3) is 11.5 Å². The van der Waals surface area contributed by atoms with Crippen molar-refractivity contribution >= 4 is 5.97 Å². The number of carbonyl (C=O) groups is 1. The summed E-state index contributed by atoms with van der Waals surface area (Å²) in [7, 11) is 2.91. The van der Waals surface area contributed by atoms with Gasteiger partial charge in [0.25, 0.3) is 0 Å². The van der Waals surface area contributed by atoms with Crippen molar-refractivity contribution in [3.8, 4) is 23.0 Å². The van der Waals surface area contributed by atoms with Crippen LogP contribution in [-0.4, -0.2) is 30.4 Å². The Bertz CT molecular complexity index is 891. The third kappa shape index (κ3) is 4.18. The average molecular weight is 354 g/mol. The monoisotopic (exact) mass is 354 g/mol.